The van der Waals surface area contributed by atoms with E-state index in [4.69, 9.17) is 0 Å². The number of carbonyl (C=O) groups is 1. The summed E-state index contributed by atoms with van der Waals surface area (Å²) in [6, 6.07) is 3.24. The zero-order valence-corrected chi connectivity index (χ0v) is 7.72. The van der Waals surface area contributed by atoms with Crippen molar-refractivity contribution in [2.45, 2.75) is 6.42 Å². The third-order valence-electron chi connectivity index (χ3n) is 1.72. The number of carbonyl (C=O) groups excluding carboxylic acids is 1. The summed E-state index contributed by atoms with van der Waals surface area (Å²) in [5, 5.41) is 10.4. The van der Waals surface area contributed by atoms with Crippen LogP contribution < -0.4 is 0 Å². The SMILES string of the molecule is O=CCC=Cc1cc([N+](=O)[O-])ccc1F. The lowest BCUT2D eigenvalue weighted by atomic mass is 10.1. The number of aldehydes is 1. The predicted octanol–water partition coefficient (Wildman–Crippen LogP) is 2.34. The molecule has 0 bridgehead atoms. The molecule has 0 aliphatic carbocycles. The van der Waals surface area contributed by atoms with Gasteiger partial charge < -0.3 is 4.79 Å². The van der Waals surface area contributed by atoms with Crippen LogP contribution in [0.3, 0.4) is 0 Å². The molecule has 15 heavy (non-hydrogen) atoms. The maximum Gasteiger partial charge on any atom is 0.270 e. The maximum absolute atomic E-state index is 13.1. The summed E-state index contributed by atoms with van der Waals surface area (Å²) in [4.78, 5) is 19.8. The molecule has 0 saturated carbocycles. The van der Waals surface area contributed by atoms with E-state index >= 15 is 0 Å². The lowest BCUT2D eigenvalue weighted by molar-refractivity contribution is -0.384. The van der Waals surface area contributed by atoms with Crippen LogP contribution in [0.1, 0.15) is 12.0 Å². The molecule has 0 amide bonds. The molecule has 0 aromatic heterocycles. The summed E-state index contributed by atoms with van der Waals surface area (Å²) >= 11 is 0. The molecule has 0 aliphatic heterocycles. The van der Waals surface area contributed by atoms with Crippen LogP contribution in [0.5, 0.6) is 0 Å². The number of nitrogens with zero attached hydrogens (tertiary/aromatic N) is 1. The standard InChI is InChI=1S/C10H8FNO3/c11-10-5-4-9(12(14)15)7-8(10)3-1-2-6-13/h1,3-7H,2H2. The van der Waals surface area contributed by atoms with Gasteiger partial charge in [0.1, 0.15) is 12.1 Å². The first kappa shape index (κ1) is 11.0. The molecule has 0 radical (unpaired) electrons. The molecule has 1 aromatic rings. The van der Waals surface area contributed by atoms with Gasteiger partial charge in [0.25, 0.3) is 5.69 Å². The fourth-order valence-electron chi connectivity index (χ4n) is 1.02. The van der Waals surface area contributed by atoms with Gasteiger partial charge >= 0.3 is 0 Å². The molecule has 0 saturated heterocycles. The van der Waals surface area contributed by atoms with Gasteiger partial charge in [0.05, 0.1) is 4.92 Å². The van der Waals surface area contributed by atoms with E-state index < -0.39 is 10.7 Å². The molecule has 0 N–H and O–H groups in total. The Balaban J connectivity index is 3.00. The van der Waals surface area contributed by atoms with E-state index in [-0.39, 0.29) is 17.7 Å². The molecule has 78 valence electrons. The first-order chi connectivity index (χ1) is 7.15. The van der Waals surface area contributed by atoms with Gasteiger partial charge in [-0.3, -0.25) is 10.1 Å². The highest BCUT2D eigenvalue weighted by atomic mass is 19.1. The Hall–Kier alpha value is -2.04. The molecule has 1 aromatic carbocycles. The molecule has 0 heterocycles. The largest absolute Gasteiger partial charge is 0.303 e. The summed E-state index contributed by atoms with van der Waals surface area (Å²) < 4.78 is 13.1. The quantitative estimate of drug-likeness (QED) is 0.434. The number of non-ortho nitro benzene ring substituents is 1. The summed E-state index contributed by atoms with van der Waals surface area (Å²) in [6.45, 7) is 0. The molecule has 0 spiro atoms. The summed E-state index contributed by atoms with van der Waals surface area (Å²) in [6.07, 6.45) is 3.60. The van der Waals surface area contributed by atoms with E-state index in [0.29, 0.717) is 6.29 Å². The van der Waals surface area contributed by atoms with Crippen molar-refractivity contribution in [1.29, 1.82) is 0 Å². The van der Waals surface area contributed by atoms with Gasteiger partial charge in [0.15, 0.2) is 0 Å². The predicted molar refractivity (Wildman–Crippen MR) is 52.8 cm³/mol. The highest BCUT2D eigenvalue weighted by molar-refractivity contribution is 5.59. The van der Waals surface area contributed by atoms with Gasteiger partial charge in [-0.2, -0.15) is 0 Å². The van der Waals surface area contributed by atoms with Crippen LogP contribution in [0.15, 0.2) is 24.3 Å². The van der Waals surface area contributed by atoms with E-state index in [9.17, 15) is 19.3 Å². The molecular formula is C10H8FNO3. The lowest BCUT2D eigenvalue weighted by Crippen LogP contribution is -1.90. The Morgan fingerprint density at radius 2 is 2.20 bits per heavy atom. The number of rotatable bonds is 4. The average Bonchev–Trinajstić information content (AvgIpc) is 2.20. The van der Waals surface area contributed by atoms with E-state index in [2.05, 4.69) is 0 Å². The smallest absolute Gasteiger partial charge is 0.270 e. The number of hydrogen-bond acceptors (Lipinski definition) is 3. The first-order valence-corrected chi connectivity index (χ1v) is 4.19. The van der Waals surface area contributed by atoms with Crippen molar-refractivity contribution in [3.8, 4) is 0 Å². The van der Waals surface area contributed by atoms with Crippen LogP contribution in [0, 0.1) is 15.9 Å². The highest BCUT2D eigenvalue weighted by Gasteiger charge is 2.08. The normalized spacial score (nSPS) is 10.5. The van der Waals surface area contributed by atoms with E-state index in [1.54, 1.807) is 0 Å². The van der Waals surface area contributed by atoms with Crippen molar-refractivity contribution in [1.82, 2.24) is 0 Å². The van der Waals surface area contributed by atoms with Crippen molar-refractivity contribution in [3.05, 3.63) is 45.8 Å². The van der Waals surface area contributed by atoms with Gasteiger partial charge in [-0.1, -0.05) is 12.2 Å². The van der Waals surface area contributed by atoms with Crippen molar-refractivity contribution in [2.24, 2.45) is 0 Å². The molecule has 0 unspecified atom stereocenters. The topological polar surface area (TPSA) is 60.2 Å². The molecular weight excluding hydrogens is 201 g/mol. The summed E-state index contributed by atoms with van der Waals surface area (Å²) in [5.41, 5.74) is -0.0757. The minimum atomic E-state index is -0.601. The fraction of sp³-hybridized carbons (Fsp3) is 0.100. The van der Waals surface area contributed by atoms with E-state index in [1.165, 1.54) is 12.2 Å². The Morgan fingerprint density at radius 1 is 1.47 bits per heavy atom. The van der Waals surface area contributed by atoms with Crippen LogP contribution in [0.25, 0.3) is 6.08 Å². The van der Waals surface area contributed by atoms with Gasteiger partial charge in [-0.25, -0.2) is 4.39 Å². The number of halogens is 1. The van der Waals surface area contributed by atoms with Gasteiger partial charge in [0, 0.05) is 24.1 Å². The second-order valence-corrected chi connectivity index (χ2v) is 2.77. The molecule has 0 aliphatic rings. The number of nitro groups is 1. The average molecular weight is 209 g/mol. The van der Waals surface area contributed by atoms with E-state index in [1.807, 2.05) is 0 Å². The monoisotopic (exact) mass is 209 g/mol. The Labute approximate surface area is 85.2 Å². The summed E-state index contributed by atoms with van der Waals surface area (Å²) in [5.74, 6) is -0.553. The molecule has 0 atom stereocenters. The van der Waals surface area contributed by atoms with Crippen molar-refractivity contribution < 1.29 is 14.1 Å². The lowest BCUT2D eigenvalue weighted by Gasteiger charge is -1.96. The van der Waals surface area contributed by atoms with Crippen LogP contribution >= 0.6 is 0 Å². The molecule has 5 heteroatoms. The van der Waals surface area contributed by atoms with Crippen LogP contribution in [-0.4, -0.2) is 11.2 Å². The third kappa shape index (κ3) is 2.98. The second-order valence-electron chi connectivity index (χ2n) is 2.77. The molecule has 4 nitrogen and oxygen atoms in total. The van der Waals surface area contributed by atoms with Gasteiger partial charge in [0.2, 0.25) is 0 Å². The number of benzene rings is 1. The third-order valence-corrected chi connectivity index (χ3v) is 1.72. The Morgan fingerprint density at radius 3 is 2.80 bits per heavy atom. The molecule has 1 rings (SSSR count). The number of allylic oxidation sites excluding steroid dienone is 1. The fourth-order valence-corrected chi connectivity index (χ4v) is 1.02. The highest BCUT2D eigenvalue weighted by Crippen LogP contribution is 2.17. The minimum Gasteiger partial charge on any atom is -0.303 e. The zero-order valence-electron chi connectivity index (χ0n) is 7.72. The second kappa shape index (κ2) is 4.99. The summed E-state index contributed by atoms with van der Waals surface area (Å²) in [7, 11) is 0. The number of hydrogen-bond donors (Lipinski definition) is 0. The Bertz CT molecular complexity index is 415. The molecule has 0 fully saturated rings. The first-order valence-electron chi connectivity index (χ1n) is 4.19. The van der Waals surface area contributed by atoms with Crippen LogP contribution in [0.2, 0.25) is 0 Å². The van der Waals surface area contributed by atoms with Crippen molar-refractivity contribution >= 4 is 18.0 Å². The van der Waals surface area contributed by atoms with Gasteiger partial charge in [-0.15, -0.1) is 0 Å². The zero-order chi connectivity index (χ0) is 11.3. The van der Waals surface area contributed by atoms with Crippen molar-refractivity contribution in [3.63, 3.8) is 0 Å². The van der Waals surface area contributed by atoms with Crippen LogP contribution in [0.4, 0.5) is 10.1 Å². The van der Waals surface area contributed by atoms with Crippen LogP contribution in [-0.2, 0) is 4.79 Å². The number of nitro benzene ring substituents is 1. The van der Waals surface area contributed by atoms with Crippen molar-refractivity contribution in [2.75, 3.05) is 0 Å². The minimum absolute atomic E-state index is 0.103. The Kier molecular flexibility index (Phi) is 3.68. The van der Waals surface area contributed by atoms with Gasteiger partial charge in [-0.05, 0) is 6.07 Å². The maximum atomic E-state index is 13.1. The van der Waals surface area contributed by atoms with E-state index in [0.717, 1.165) is 18.2 Å².